The van der Waals surface area contributed by atoms with Crippen LogP contribution in [0.2, 0.25) is 0 Å². The lowest BCUT2D eigenvalue weighted by atomic mass is 10.1. The molecule has 0 unspecified atom stereocenters. The zero-order chi connectivity index (χ0) is 27.1. The summed E-state index contributed by atoms with van der Waals surface area (Å²) in [6.45, 7) is 0.716. The van der Waals surface area contributed by atoms with E-state index in [1.165, 1.54) is 31.4 Å². The van der Waals surface area contributed by atoms with Crippen LogP contribution in [0.15, 0.2) is 103 Å². The summed E-state index contributed by atoms with van der Waals surface area (Å²) < 4.78 is 45.5. The van der Waals surface area contributed by atoms with E-state index in [1.54, 1.807) is 23.1 Å². The first kappa shape index (κ1) is 26.9. The molecule has 4 aromatic carbocycles. The zero-order valence-corrected chi connectivity index (χ0v) is 22.1. The highest BCUT2D eigenvalue weighted by atomic mass is 32.2. The molecular weight excluding hydrogens is 503 g/mol. The van der Waals surface area contributed by atoms with Crippen LogP contribution < -0.4 is 9.04 Å². The second-order valence-electron chi connectivity index (χ2n) is 8.91. The molecule has 0 radical (unpaired) electrons. The molecule has 0 spiro atoms. The quantitative estimate of drug-likeness (QED) is 0.265. The van der Waals surface area contributed by atoms with Gasteiger partial charge in [0.2, 0.25) is 10.0 Å². The number of benzene rings is 4. The number of carbonyl (C=O) groups is 1. The number of hydrogen-bond acceptors (Lipinski definition) is 4. The molecule has 4 rings (SSSR count). The average Bonchev–Trinajstić information content (AvgIpc) is 2.92. The van der Waals surface area contributed by atoms with Gasteiger partial charge in [0.1, 0.15) is 11.6 Å². The van der Waals surface area contributed by atoms with Crippen molar-refractivity contribution in [2.45, 2.75) is 19.6 Å². The van der Waals surface area contributed by atoms with Gasteiger partial charge in [0.05, 0.1) is 25.6 Å². The van der Waals surface area contributed by atoms with E-state index < -0.39 is 15.8 Å². The highest BCUT2D eigenvalue weighted by Crippen LogP contribution is 2.27. The number of carbonyl (C=O) groups excluding carboxylic acids is 1. The van der Waals surface area contributed by atoms with Gasteiger partial charge in [-0.1, -0.05) is 60.7 Å². The second kappa shape index (κ2) is 11.9. The highest BCUT2D eigenvalue weighted by molar-refractivity contribution is 7.92. The van der Waals surface area contributed by atoms with Crippen LogP contribution in [-0.4, -0.2) is 32.6 Å². The molecule has 0 atom stereocenters. The molecule has 0 aliphatic carbocycles. The van der Waals surface area contributed by atoms with Crippen molar-refractivity contribution in [3.8, 4) is 5.75 Å². The molecular formula is C30H29FN2O4S. The Balaban J connectivity index is 1.68. The molecule has 8 heteroatoms. The van der Waals surface area contributed by atoms with Gasteiger partial charge in [-0.3, -0.25) is 9.10 Å². The Bertz CT molecular complexity index is 1440. The summed E-state index contributed by atoms with van der Waals surface area (Å²) in [6, 6.07) is 29.7. The van der Waals surface area contributed by atoms with E-state index in [0.717, 1.165) is 21.7 Å². The van der Waals surface area contributed by atoms with Crippen molar-refractivity contribution in [1.29, 1.82) is 0 Å². The van der Waals surface area contributed by atoms with Gasteiger partial charge in [-0.2, -0.15) is 0 Å². The minimum absolute atomic E-state index is 0.0911. The van der Waals surface area contributed by atoms with Crippen molar-refractivity contribution in [2.24, 2.45) is 0 Å². The van der Waals surface area contributed by atoms with Gasteiger partial charge >= 0.3 is 0 Å². The molecule has 0 aliphatic heterocycles. The zero-order valence-electron chi connectivity index (χ0n) is 21.2. The van der Waals surface area contributed by atoms with Gasteiger partial charge in [0, 0.05) is 24.2 Å². The maximum Gasteiger partial charge on any atom is 0.254 e. The van der Waals surface area contributed by atoms with Gasteiger partial charge in [0.15, 0.2) is 0 Å². The number of amides is 1. The first-order valence-electron chi connectivity index (χ1n) is 12.0. The Morgan fingerprint density at radius 2 is 1.34 bits per heavy atom. The third-order valence-electron chi connectivity index (χ3n) is 6.08. The van der Waals surface area contributed by atoms with Crippen LogP contribution in [-0.2, 0) is 29.7 Å². The Kier molecular flexibility index (Phi) is 8.43. The maximum atomic E-state index is 13.8. The van der Waals surface area contributed by atoms with Gasteiger partial charge in [0.25, 0.3) is 5.91 Å². The molecule has 0 bridgehead atoms. The van der Waals surface area contributed by atoms with Crippen molar-refractivity contribution < 1.29 is 22.3 Å². The first-order valence-corrected chi connectivity index (χ1v) is 13.9. The van der Waals surface area contributed by atoms with Crippen LogP contribution in [0, 0.1) is 5.82 Å². The minimum Gasteiger partial charge on any atom is -0.496 e. The van der Waals surface area contributed by atoms with Crippen LogP contribution in [0.1, 0.15) is 27.0 Å². The fourth-order valence-electron chi connectivity index (χ4n) is 4.19. The Morgan fingerprint density at radius 1 is 0.789 bits per heavy atom. The van der Waals surface area contributed by atoms with Crippen LogP contribution in [0.3, 0.4) is 0 Å². The van der Waals surface area contributed by atoms with Crippen LogP contribution in [0.4, 0.5) is 10.1 Å². The fourth-order valence-corrected chi connectivity index (χ4v) is 5.07. The summed E-state index contributed by atoms with van der Waals surface area (Å²) in [5, 5.41) is 0. The van der Waals surface area contributed by atoms with E-state index >= 15 is 0 Å². The number of methoxy groups -OCH3 is 1. The van der Waals surface area contributed by atoms with Gasteiger partial charge < -0.3 is 9.64 Å². The molecule has 196 valence electrons. The Labute approximate surface area is 223 Å². The largest absolute Gasteiger partial charge is 0.496 e. The van der Waals surface area contributed by atoms with Crippen LogP contribution >= 0.6 is 0 Å². The maximum absolute atomic E-state index is 13.8. The van der Waals surface area contributed by atoms with E-state index in [2.05, 4.69) is 0 Å². The van der Waals surface area contributed by atoms with E-state index in [4.69, 9.17) is 4.74 Å². The molecule has 0 saturated carbocycles. The second-order valence-corrected chi connectivity index (χ2v) is 10.8. The topological polar surface area (TPSA) is 66.9 Å². The molecule has 4 aromatic rings. The summed E-state index contributed by atoms with van der Waals surface area (Å²) in [4.78, 5) is 15.6. The van der Waals surface area contributed by atoms with Crippen molar-refractivity contribution in [3.05, 3.63) is 131 Å². The lowest BCUT2D eigenvalue weighted by molar-refractivity contribution is 0.0730. The Hall–Kier alpha value is -4.17. The molecule has 0 heterocycles. The summed E-state index contributed by atoms with van der Waals surface area (Å²) >= 11 is 0. The number of hydrogen-bond donors (Lipinski definition) is 0. The molecule has 0 saturated heterocycles. The van der Waals surface area contributed by atoms with Crippen molar-refractivity contribution in [1.82, 2.24) is 4.90 Å². The monoisotopic (exact) mass is 532 g/mol. The van der Waals surface area contributed by atoms with Gasteiger partial charge in [-0.25, -0.2) is 12.8 Å². The van der Waals surface area contributed by atoms with Crippen LogP contribution in [0.5, 0.6) is 5.75 Å². The summed E-state index contributed by atoms with van der Waals surface area (Å²) in [6.07, 6.45) is 1.08. The number of nitrogens with zero attached hydrogens (tertiary/aromatic N) is 2. The van der Waals surface area contributed by atoms with Crippen molar-refractivity contribution in [3.63, 3.8) is 0 Å². The van der Waals surface area contributed by atoms with E-state index in [9.17, 15) is 17.6 Å². The normalized spacial score (nSPS) is 11.1. The lowest BCUT2D eigenvalue weighted by Crippen LogP contribution is -2.31. The molecule has 0 aromatic heterocycles. The molecule has 0 fully saturated rings. The molecule has 6 nitrogen and oxygen atoms in total. The average molecular weight is 533 g/mol. The van der Waals surface area contributed by atoms with Crippen molar-refractivity contribution >= 4 is 21.6 Å². The standard InChI is InChI=1S/C30H29FN2O4S/c1-37-29-18-13-25(19-26(29)22-33(38(2,35)36)28-16-14-27(31)15-17-28)30(34)32(20-23-9-5-3-6-10-23)21-24-11-7-4-8-12-24/h3-19H,20-22H2,1-2H3. The molecule has 0 N–H and O–H groups in total. The molecule has 1 amide bonds. The number of anilines is 1. The predicted octanol–water partition coefficient (Wildman–Crippen LogP) is 5.64. The highest BCUT2D eigenvalue weighted by Gasteiger charge is 2.23. The smallest absolute Gasteiger partial charge is 0.254 e. The minimum atomic E-state index is -3.72. The number of sulfonamides is 1. The van der Waals surface area contributed by atoms with E-state index in [-0.39, 0.29) is 12.5 Å². The van der Waals surface area contributed by atoms with Crippen molar-refractivity contribution in [2.75, 3.05) is 17.7 Å². The third kappa shape index (κ3) is 6.77. The number of ether oxygens (including phenoxy) is 1. The first-order chi connectivity index (χ1) is 18.2. The summed E-state index contributed by atoms with van der Waals surface area (Å²) in [5.74, 6) is -0.228. The number of rotatable bonds is 10. The van der Waals surface area contributed by atoms with E-state index in [1.807, 2.05) is 60.7 Å². The SMILES string of the molecule is COc1ccc(C(=O)N(Cc2ccccc2)Cc2ccccc2)cc1CN(c1ccc(F)cc1)S(C)(=O)=O. The third-order valence-corrected chi connectivity index (χ3v) is 7.22. The predicted molar refractivity (Wildman–Crippen MR) is 147 cm³/mol. The lowest BCUT2D eigenvalue weighted by Gasteiger charge is -2.25. The van der Waals surface area contributed by atoms with E-state index in [0.29, 0.717) is 35.7 Å². The summed E-state index contributed by atoms with van der Waals surface area (Å²) in [7, 11) is -2.24. The van der Waals surface area contributed by atoms with Gasteiger partial charge in [-0.15, -0.1) is 0 Å². The number of halogens is 1. The molecule has 38 heavy (non-hydrogen) atoms. The Morgan fingerprint density at radius 3 is 1.84 bits per heavy atom. The molecule has 0 aliphatic rings. The summed E-state index contributed by atoms with van der Waals surface area (Å²) in [5.41, 5.74) is 3.20. The van der Waals surface area contributed by atoms with Gasteiger partial charge in [-0.05, 0) is 53.6 Å². The fraction of sp³-hybridized carbons (Fsp3) is 0.167. The van der Waals surface area contributed by atoms with Crippen LogP contribution in [0.25, 0.3) is 0 Å².